The molecular weight excluding hydrogens is 505 g/mol. The van der Waals surface area contributed by atoms with Crippen molar-refractivity contribution in [3.8, 4) is 0 Å². The molecule has 0 bridgehead atoms. The van der Waals surface area contributed by atoms with Gasteiger partial charge in [-0.25, -0.2) is 0 Å². The summed E-state index contributed by atoms with van der Waals surface area (Å²) < 4.78 is 0. The first-order chi connectivity index (χ1) is 13.5. The standard InChI is InChI=1S/C20H24ClN5O2.HI/c1-23-20(24-10-9-14-3-2-4-17(21)11-14)26-12-15-5-7-16(8-6-15)19(28)25-13-18(22)27;/h2-8,11H,9-10,12-13H2,1H3,(H2,22,27)(H,25,28)(H2,23,24,26);1H. The van der Waals surface area contributed by atoms with E-state index in [1.807, 2.05) is 36.4 Å². The van der Waals surface area contributed by atoms with Gasteiger partial charge >= 0.3 is 0 Å². The summed E-state index contributed by atoms with van der Waals surface area (Å²) >= 11 is 5.99. The summed E-state index contributed by atoms with van der Waals surface area (Å²) in [5, 5.41) is 9.65. The lowest BCUT2D eigenvalue weighted by molar-refractivity contribution is -0.117. The Hall–Kier alpha value is -2.33. The summed E-state index contributed by atoms with van der Waals surface area (Å²) in [4.78, 5) is 26.8. The van der Waals surface area contributed by atoms with Crippen LogP contribution in [0.5, 0.6) is 0 Å². The van der Waals surface area contributed by atoms with E-state index in [0.717, 1.165) is 29.1 Å². The molecule has 0 aliphatic heterocycles. The van der Waals surface area contributed by atoms with E-state index in [0.29, 0.717) is 18.1 Å². The lowest BCUT2D eigenvalue weighted by atomic mass is 10.1. The number of rotatable bonds is 8. The van der Waals surface area contributed by atoms with Crippen molar-refractivity contribution in [2.24, 2.45) is 10.7 Å². The summed E-state index contributed by atoms with van der Waals surface area (Å²) in [6.45, 7) is 1.10. The molecule has 0 atom stereocenters. The fraction of sp³-hybridized carbons (Fsp3) is 0.250. The van der Waals surface area contributed by atoms with Gasteiger partial charge in [-0.1, -0.05) is 35.9 Å². The van der Waals surface area contributed by atoms with Gasteiger partial charge in [-0.05, 0) is 41.8 Å². The Morgan fingerprint density at radius 1 is 1.03 bits per heavy atom. The summed E-state index contributed by atoms with van der Waals surface area (Å²) in [7, 11) is 1.71. The zero-order valence-corrected chi connectivity index (χ0v) is 19.2. The molecule has 29 heavy (non-hydrogen) atoms. The molecule has 2 aromatic carbocycles. The SMILES string of the molecule is CN=C(NCCc1cccc(Cl)c1)NCc1ccc(C(=O)NCC(N)=O)cc1.I. The number of carbonyl (C=O) groups excluding carboxylic acids is 2. The van der Waals surface area contributed by atoms with E-state index in [4.69, 9.17) is 17.3 Å². The second kappa shape index (κ2) is 13.0. The molecule has 0 aliphatic carbocycles. The molecule has 0 aromatic heterocycles. The zero-order valence-electron chi connectivity index (χ0n) is 16.1. The number of carbonyl (C=O) groups is 2. The van der Waals surface area contributed by atoms with E-state index in [9.17, 15) is 9.59 Å². The average molecular weight is 530 g/mol. The summed E-state index contributed by atoms with van der Waals surface area (Å²) in [6.07, 6.45) is 0.830. The second-order valence-corrected chi connectivity index (χ2v) is 6.51. The fourth-order valence-corrected chi connectivity index (χ4v) is 2.68. The topological polar surface area (TPSA) is 109 Å². The minimum atomic E-state index is -0.580. The van der Waals surface area contributed by atoms with E-state index in [1.165, 1.54) is 0 Å². The van der Waals surface area contributed by atoms with Crippen molar-refractivity contribution < 1.29 is 9.59 Å². The Kier molecular flexibility index (Phi) is 11.1. The molecule has 156 valence electrons. The highest BCUT2D eigenvalue weighted by atomic mass is 127. The monoisotopic (exact) mass is 529 g/mol. The van der Waals surface area contributed by atoms with Crippen LogP contribution in [0.4, 0.5) is 0 Å². The molecule has 0 heterocycles. The maximum atomic E-state index is 11.9. The Labute approximate surface area is 192 Å². The van der Waals surface area contributed by atoms with Gasteiger partial charge in [0.25, 0.3) is 5.91 Å². The highest BCUT2D eigenvalue weighted by Crippen LogP contribution is 2.10. The van der Waals surface area contributed by atoms with Gasteiger partial charge < -0.3 is 21.7 Å². The molecule has 0 unspecified atom stereocenters. The summed E-state index contributed by atoms with van der Waals surface area (Å²) in [5.74, 6) is -0.231. The molecule has 7 nitrogen and oxygen atoms in total. The van der Waals surface area contributed by atoms with Gasteiger partial charge in [0.15, 0.2) is 5.96 Å². The van der Waals surface area contributed by atoms with Crippen molar-refractivity contribution in [3.05, 3.63) is 70.2 Å². The minimum absolute atomic E-state index is 0. The van der Waals surface area contributed by atoms with E-state index < -0.39 is 5.91 Å². The van der Waals surface area contributed by atoms with Gasteiger partial charge in [-0.3, -0.25) is 14.6 Å². The molecule has 0 saturated carbocycles. The van der Waals surface area contributed by atoms with Crippen LogP contribution >= 0.6 is 35.6 Å². The number of hydrogen-bond acceptors (Lipinski definition) is 3. The van der Waals surface area contributed by atoms with Crippen LogP contribution in [0.3, 0.4) is 0 Å². The van der Waals surface area contributed by atoms with Crippen molar-refractivity contribution in [1.82, 2.24) is 16.0 Å². The van der Waals surface area contributed by atoms with E-state index >= 15 is 0 Å². The summed E-state index contributed by atoms with van der Waals surface area (Å²) in [5.41, 5.74) is 7.62. The molecule has 2 aromatic rings. The Morgan fingerprint density at radius 2 is 1.76 bits per heavy atom. The quantitative estimate of drug-likeness (QED) is 0.239. The van der Waals surface area contributed by atoms with Crippen molar-refractivity contribution in [2.45, 2.75) is 13.0 Å². The first kappa shape index (κ1) is 24.7. The molecule has 0 aliphatic rings. The number of nitrogens with one attached hydrogen (secondary N) is 3. The van der Waals surface area contributed by atoms with E-state index in [2.05, 4.69) is 20.9 Å². The van der Waals surface area contributed by atoms with Gasteiger partial charge in [-0.2, -0.15) is 0 Å². The lowest BCUT2D eigenvalue weighted by Crippen LogP contribution is -2.37. The third kappa shape index (κ3) is 9.14. The third-order valence-corrected chi connectivity index (χ3v) is 4.15. The number of nitrogens with zero attached hydrogens (tertiary/aromatic N) is 1. The number of hydrogen-bond donors (Lipinski definition) is 4. The van der Waals surface area contributed by atoms with Crippen LogP contribution in [0.2, 0.25) is 5.02 Å². The molecule has 0 fully saturated rings. The number of guanidine groups is 1. The predicted molar refractivity (Wildman–Crippen MR) is 127 cm³/mol. The van der Waals surface area contributed by atoms with Crippen LogP contribution in [0.15, 0.2) is 53.5 Å². The van der Waals surface area contributed by atoms with Crippen LogP contribution in [-0.4, -0.2) is 37.9 Å². The molecule has 5 N–H and O–H groups in total. The van der Waals surface area contributed by atoms with E-state index in [1.54, 1.807) is 19.2 Å². The number of primary amides is 1. The normalized spacial score (nSPS) is 10.6. The smallest absolute Gasteiger partial charge is 0.251 e. The Balaban J connectivity index is 0.00000420. The zero-order chi connectivity index (χ0) is 20.4. The largest absolute Gasteiger partial charge is 0.368 e. The minimum Gasteiger partial charge on any atom is -0.368 e. The number of aliphatic imine (C=N–C) groups is 1. The molecule has 2 rings (SSSR count). The van der Waals surface area contributed by atoms with Crippen molar-refractivity contribution in [1.29, 1.82) is 0 Å². The van der Waals surface area contributed by atoms with Crippen LogP contribution < -0.4 is 21.7 Å². The van der Waals surface area contributed by atoms with Gasteiger partial charge in [-0.15, -0.1) is 24.0 Å². The highest BCUT2D eigenvalue weighted by Gasteiger charge is 2.06. The average Bonchev–Trinajstić information content (AvgIpc) is 2.69. The number of nitrogens with two attached hydrogens (primary N) is 1. The van der Waals surface area contributed by atoms with Crippen LogP contribution in [-0.2, 0) is 17.8 Å². The van der Waals surface area contributed by atoms with Crippen molar-refractivity contribution >= 4 is 53.4 Å². The Bertz CT molecular complexity index is 843. The lowest BCUT2D eigenvalue weighted by Gasteiger charge is -2.12. The number of benzene rings is 2. The first-order valence-corrected chi connectivity index (χ1v) is 9.20. The maximum Gasteiger partial charge on any atom is 0.251 e. The number of amides is 2. The molecular formula is C20H25ClIN5O2. The van der Waals surface area contributed by atoms with Crippen LogP contribution in [0.1, 0.15) is 21.5 Å². The van der Waals surface area contributed by atoms with Crippen molar-refractivity contribution in [2.75, 3.05) is 20.1 Å². The van der Waals surface area contributed by atoms with Gasteiger partial charge in [0.1, 0.15) is 0 Å². The third-order valence-electron chi connectivity index (χ3n) is 3.92. The van der Waals surface area contributed by atoms with Crippen molar-refractivity contribution in [3.63, 3.8) is 0 Å². The number of halogens is 2. The molecule has 2 amide bonds. The molecule has 0 saturated heterocycles. The molecule has 0 spiro atoms. The van der Waals surface area contributed by atoms with Gasteiger partial charge in [0.2, 0.25) is 5.91 Å². The second-order valence-electron chi connectivity index (χ2n) is 6.08. The fourth-order valence-electron chi connectivity index (χ4n) is 2.47. The van der Waals surface area contributed by atoms with E-state index in [-0.39, 0.29) is 36.4 Å². The summed E-state index contributed by atoms with van der Waals surface area (Å²) in [6, 6.07) is 14.8. The highest BCUT2D eigenvalue weighted by molar-refractivity contribution is 14.0. The first-order valence-electron chi connectivity index (χ1n) is 8.82. The van der Waals surface area contributed by atoms with Crippen LogP contribution in [0, 0.1) is 0 Å². The van der Waals surface area contributed by atoms with Gasteiger partial charge in [0.05, 0.1) is 6.54 Å². The van der Waals surface area contributed by atoms with Gasteiger partial charge in [0, 0.05) is 30.7 Å². The Morgan fingerprint density at radius 3 is 2.38 bits per heavy atom. The van der Waals surface area contributed by atoms with Crippen LogP contribution in [0.25, 0.3) is 0 Å². The predicted octanol–water partition coefficient (Wildman–Crippen LogP) is 2.08. The maximum absolute atomic E-state index is 11.9. The molecule has 0 radical (unpaired) electrons. The molecule has 9 heteroatoms.